The molecule has 2 heterocycles. The summed E-state index contributed by atoms with van der Waals surface area (Å²) >= 11 is 0. The molecule has 1 atom stereocenters. The second-order valence-electron chi connectivity index (χ2n) is 4.81. The molecule has 0 aliphatic rings. The van der Waals surface area contributed by atoms with Crippen molar-refractivity contribution in [2.45, 2.75) is 33.4 Å². The lowest BCUT2D eigenvalue weighted by Gasteiger charge is -2.14. The Labute approximate surface area is 117 Å². The first-order valence-electron chi connectivity index (χ1n) is 6.45. The Morgan fingerprint density at radius 1 is 1.50 bits per heavy atom. The van der Waals surface area contributed by atoms with Crippen LogP contribution in [0.25, 0.3) is 0 Å². The maximum atomic E-state index is 12.0. The molecule has 1 N–H and O–H groups in total. The fraction of sp³-hybridized carbons (Fsp3) is 0.429. The lowest BCUT2D eigenvalue weighted by atomic mass is 10.3. The summed E-state index contributed by atoms with van der Waals surface area (Å²) in [7, 11) is 1.49. The highest BCUT2D eigenvalue weighted by molar-refractivity contribution is 5.91. The van der Waals surface area contributed by atoms with Crippen LogP contribution in [0.15, 0.2) is 22.6 Å². The number of ether oxygens (including phenoxy) is 1. The number of rotatable bonds is 5. The lowest BCUT2D eigenvalue weighted by Crippen LogP contribution is -2.36. The van der Waals surface area contributed by atoms with Crippen LogP contribution in [0.1, 0.15) is 28.9 Å². The van der Waals surface area contributed by atoms with Gasteiger partial charge in [0, 0.05) is 17.8 Å². The van der Waals surface area contributed by atoms with Crippen LogP contribution in [0, 0.1) is 13.8 Å². The first-order valence-corrected chi connectivity index (χ1v) is 6.45. The van der Waals surface area contributed by atoms with Crippen LogP contribution in [0.2, 0.25) is 0 Å². The van der Waals surface area contributed by atoms with Gasteiger partial charge in [-0.15, -0.1) is 0 Å². The van der Waals surface area contributed by atoms with E-state index in [9.17, 15) is 4.79 Å². The number of furan rings is 1. The van der Waals surface area contributed by atoms with Crippen molar-refractivity contribution in [2.24, 2.45) is 0 Å². The monoisotopic (exact) mass is 277 g/mol. The molecule has 0 fully saturated rings. The SMILES string of the molecule is COc1ccc(C(=O)N[C@H](C)Cn2nc(C)cc2C)o1. The molecule has 0 aliphatic carbocycles. The Kier molecular flexibility index (Phi) is 4.12. The van der Waals surface area contributed by atoms with Crippen LogP contribution in [-0.2, 0) is 6.54 Å². The Balaban J connectivity index is 1.95. The summed E-state index contributed by atoms with van der Waals surface area (Å²) < 4.78 is 12.0. The third kappa shape index (κ3) is 3.20. The Morgan fingerprint density at radius 3 is 2.80 bits per heavy atom. The predicted molar refractivity (Wildman–Crippen MR) is 73.9 cm³/mol. The molecule has 0 aliphatic heterocycles. The molecular weight excluding hydrogens is 258 g/mol. The van der Waals surface area contributed by atoms with Gasteiger partial charge in [0.05, 0.1) is 19.3 Å². The first kappa shape index (κ1) is 14.2. The van der Waals surface area contributed by atoms with Crippen LogP contribution in [0.5, 0.6) is 5.95 Å². The van der Waals surface area contributed by atoms with E-state index in [1.165, 1.54) is 7.11 Å². The van der Waals surface area contributed by atoms with E-state index in [4.69, 9.17) is 9.15 Å². The lowest BCUT2D eigenvalue weighted by molar-refractivity contribution is 0.0901. The second-order valence-corrected chi connectivity index (χ2v) is 4.81. The summed E-state index contributed by atoms with van der Waals surface area (Å²) in [5, 5.41) is 7.24. The van der Waals surface area contributed by atoms with Gasteiger partial charge >= 0.3 is 0 Å². The van der Waals surface area contributed by atoms with Crippen molar-refractivity contribution in [3.05, 3.63) is 35.3 Å². The second kappa shape index (κ2) is 5.81. The molecule has 2 rings (SSSR count). The van der Waals surface area contributed by atoms with Crippen LogP contribution in [0.3, 0.4) is 0 Å². The Morgan fingerprint density at radius 2 is 2.25 bits per heavy atom. The zero-order valence-corrected chi connectivity index (χ0v) is 12.1. The van der Waals surface area contributed by atoms with E-state index in [1.807, 2.05) is 31.5 Å². The summed E-state index contributed by atoms with van der Waals surface area (Å²) in [6.45, 7) is 6.48. The molecule has 6 heteroatoms. The number of amides is 1. The molecular formula is C14H19N3O3. The Hall–Kier alpha value is -2.24. The van der Waals surface area contributed by atoms with Crippen molar-refractivity contribution < 1.29 is 13.9 Å². The summed E-state index contributed by atoms with van der Waals surface area (Å²) in [4.78, 5) is 12.0. The molecule has 0 saturated carbocycles. The average molecular weight is 277 g/mol. The molecule has 0 bridgehead atoms. The maximum Gasteiger partial charge on any atom is 0.287 e. The molecule has 0 aromatic carbocycles. The number of carbonyl (C=O) groups excluding carboxylic acids is 1. The fourth-order valence-electron chi connectivity index (χ4n) is 2.01. The van der Waals surface area contributed by atoms with Gasteiger partial charge in [-0.05, 0) is 32.9 Å². The van der Waals surface area contributed by atoms with Crippen LogP contribution in [0.4, 0.5) is 0 Å². The quantitative estimate of drug-likeness (QED) is 0.906. The van der Waals surface area contributed by atoms with Gasteiger partial charge in [-0.2, -0.15) is 5.10 Å². The number of aromatic nitrogens is 2. The van der Waals surface area contributed by atoms with E-state index in [1.54, 1.807) is 12.1 Å². The standard InChI is InChI=1S/C14H19N3O3/c1-9-7-11(3)17(16-9)8-10(2)15-14(18)12-5-6-13(19-4)20-12/h5-7,10H,8H2,1-4H3,(H,15,18)/t10-/m1/s1. The van der Waals surface area contributed by atoms with Gasteiger partial charge in [-0.25, -0.2) is 0 Å². The highest BCUT2D eigenvalue weighted by atomic mass is 16.6. The third-order valence-electron chi connectivity index (χ3n) is 2.93. The maximum absolute atomic E-state index is 12.0. The minimum absolute atomic E-state index is 0.0587. The minimum atomic E-state index is -0.262. The highest BCUT2D eigenvalue weighted by Crippen LogP contribution is 2.15. The van der Waals surface area contributed by atoms with Gasteiger partial charge in [-0.1, -0.05) is 0 Å². The number of carbonyl (C=O) groups is 1. The van der Waals surface area contributed by atoms with Gasteiger partial charge in [0.25, 0.3) is 11.9 Å². The molecule has 20 heavy (non-hydrogen) atoms. The molecule has 1 amide bonds. The normalized spacial score (nSPS) is 12.2. The van der Waals surface area contributed by atoms with Crippen molar-refractivity contribution in [3.63, 3.8) is 0 Å². The topological polar surface area (TPSA) is 69.3 Å². The summed E-state index contributed by atoms with van der Waals surface area (Å²) in [6, 6.07) is 5.15. The molecule has 2 aromatic rings. The van der Waals surface area contributed by atoms with E-state index in [-0.39, 0.29) is 17.7 Å². The highest BCUT2D eigenvalue weighted by Gasteiger charge is 2.15. The van der Waals surface area contributed by atoms with Crippen LogP contribution < -0.4 is 10.1 Å². The summed E-state index contributed by atoms with van der Waals surface area (Å²) in [5.41, 5.74) is 2.04. The molecule has 6 nitrogen and oxygen atoms in total. The van der Waals surface area contributed by atoms with E-state index < -0.39 is 0 Å². The van der Waals surface area contributed by atoms with Crippen LogP contribution >= 0.6 is 0 Å². The van der Waals surface area contributed by atoms with Gasteiger partial charge in [-0.3, -0.25) is 9.48 Å². The van der Waals surface area contributed by atoms with Crippen molar-refractivity contribution in [1.29, 1.82) is 0 Å². The van der Waals surface area contributed by atoms with Gasteiger partial charge < -0.3 is 14.5 Å². The van der Waals surface area contributed by atoms with Crippen molar-refractivity contribution in [2.75, 3.05) is 7.11 Å². The first-order chi connectivity index (χ1) is 9.49. The number of nitrogens with one attached hydrogen (secondary N) is 1. The van der Waals surface area contributed by atoms with Crippen molar-refractivity contribution in [3.8, 4) is 5.95 Å². The van der Waals surface area contributed by atoms with Gasteiger partial charge in [0.2, 0.25) is 0 Å². The Bertz CT molecular complexity index is 601. The summed E-state index contributed by atoms with van der Waals surface area (Å²) in [5.74, 6) is 0.297. The van der Waals surface area contributed by atoms with Gasteiger partial charge in [0.1, 0.15) is 0 Å². The largest absolute Gasteiger partial charge is 0.468 e. The smallest absolute Gasteiger partial charge is 0.287 e. The summed E-state index contributed by atoms with van der Waals surface area (Å²) in [6.07, 6.45) is 0. The van der Waals surface area contributed by atoms with Crippen molar-refractivity contribution >= 4 is 5.91 Å². The molecule has 0 saturated heterocycles. The molecule has 0 unspecified atom stereocenters. The molecule has 0 spiro atoms. The number of nitrogens with zero attached hydrogens (tertiary/aromatic N) is 2. The number of hydrogen-bond donors (Lipinski definition) is 1. The minimum Gasteiger partial charge on any atom is -0.468 e. The predicted octanol–water partition coefficient (Wildman–Crippen LogP) is 1.92. The molecule has 0 radical (unpaired) electrons. The third-order valence-corrected chi connectivity index (χ3v) is 2.93. The molecule has 2 aromatic heterocycles. The fourth-order valence-corrected chi connectivity index (χ4v) is 2.01. The zero-order chi connectivity index (χ0) is 14.7. The number of methoxy groups -OCH3 is 1. The van der Waals surface area contributed by atoms with Crippen LogP contribution in [-0.4, -0.2) is 28.8 Å². The van der Waals surface area contributed by atoms with E-state index in [0.717, 1.165) is 11.4 Å². The van der Waals surface area contributed by atoms with E-state index in [2.05, 4.69) is 10.4 Å². The van der Waals surface area contributed by atoms with Gasteiger partial charge in [0.15, 0.2) is 5.76 Å². The molecule has 108 valence electrons. The van der Waals surface area contributed by atoms with Crippen molar-refractivity contribution in [1.82, 2.24) is 15.1 Å². The number of aryl methyl sites for hydroxylation is 2. The van der Waals surface area contributed by atoms with E-state index in [0.29, 0.717) is 12.5 Å². The van der Waals surface area contributed by atoms with E-state index >= 15 is 0 Å². The zero-order valence-electron chi connectivity index (χ0n) is 12.1. The number of hydrogen-bond acceptors (Lipinski definition) is 4. The average Bonchev–Trinajstić information content (AvgIpc) is 2.96.